The van der Waals surface area contributed by atoms with Gasteiger partial charge in [0.2, 0.25) is 0 Å². The minimum Gasteiger partial charge on any atom is -0.0533 e. The van der Waals surface area contributed by atoms with E-state index in [1.54, 1.807) is 25.7 Å². The van der Waals surface area contributed by atoms with E-state index in [9.17, 15) is 0 Å². The minimum absolute atomic E-state index is 1.20. The Morgan fingerprint density at radius 1 is 0.857 bits per heavy atom. The summed E-state index contributed by atoms with van der Waals surface area (Å²) in [6, 6.07) is 0. The number of rotatable bonds is 0. The van der Waals surface area contributed by atoms with Crippen molar-refractivity contribution in [1.29, 1.82) is 0 Å². The molecule has 2 saturated heterocycles. The fourth-order valence-electron chi connectivity index (χ4n) is 1.76. The van der Waals surface area contributed by atoms with Gasteiger partial charge in [0.25, 0.3) is 0 Å². The molecule has 0 atom stereocenters. The van der Waals surface area contributed by atoms with Crippen molar-refractivity contribution in [3.05, 3.63) is 0 Å². The third kappa shape index (κ3) is 0.547. The molecule has 0 aromatic rings. The highest BCUT2D eigenvalue weighted by atomic mass is 28.2. The van der Waals surface area contributed by atoms with E-state index in [0.717, 1.165) is 0 Å². The molecule has 2 radical (unpaired) electrons. The molecule has 2 bridgehead atoms. The summed E-state index contributed by atoms with van der Waals surface area (Å²) in [5, 5.41) is 0. The smallest absolute Gasteiger partial charge is 0.0448 e. The Morgan fingerprint density at radius 2 is 1.29 bits per heavy atom. The molecule has 0 aromatic carbocycles. The zero-order valence-electron chi connectivity index (χ0n) is 4.48. The largest absolute Gasteiger partial charge is 0.0533 e. The van der Waals surface area contributed by atoms with Crippen LogP contribution in [0.1, 0.15) is 25.7 Å². The van der Waals surface area contributed by atoms with E-state index in [0.29, 0.717) is 0 Å². The maximum Gasteiger partial charge on any atom is 0.0448 e. The SMILES string of the molecule is C1CC2CCC1[Si]2. The summed E-state index contributed by atoms with van der Waals surface area (Å²) in [4.78, 5) is 0. The highest BCUT2D eigenvalue weighted by molar-refractivity contribution is 6.41. The Balaban J connectivity index is 2.12. The van der Waals surface area contributed by atoms with Gasteiger partial charge in [-0.15, -0.1) is 0 Å². The van der Waals surface area contributed by atoms with Crippen LogP contribution in [0.15, 0.2) is 0 Å². The number of fused-ring (bicyclic) bond motifs is 2. The average Bonchev–Trinajstić information content (AvgIpc) is 2.22. The van der Waals surface area contributed by atoms with Crippen molar-refractivity contribution in [2.45, 2.75) is 36.8 Å². The zero-order chi connectivity index (χ0) is 4.69. The molecule has 2 heterocycles. The van der Waals surface area contributed by atoms with Gasteiger partial charge in [-0.2, -0.15) is 0 Å². The standard InChI is InChI=1S/C6H10Si/c1-2-6-4-3-5(1)7-6/h5-6H,1-4H2. The fraction of sp³-hybridized carbons (Fsp3) is 1.00. The predicted octanol–water partition coefficient (Wildman–Crippen LogP) is 1.86. The molecule has 0 nitrogen and oxygen atoms in total. The predicted molar refractivity (Wildman–Crippen MR) is 31.7 cm³/mol. The van der Waals surface area contributed by atoms with Crippen LogP contribution >= 0.6 is 0 Å². The highest BCUT2D eigenvalue weighted by Crippen LogP contribution is 2.45. The van der Waals surface area contributed by atoms with Crippen molar-refractivity contribution in [1.82, 2.24) is 0 Å². The van der Waals surface area contributed by atoms with Gasteiger partial charge in [0.05, 0.1) is 0 Å². The van der Waals surface area contributed by atoms with Gasteiger partial charge in [0.15, 0.2) is 0 Å². The van der Waals surface area contributed by atoms with E-state index < -0.39 is 0 Å². The first-order chi connectivity index (χ1) is 3.45. The molecule has 2 fully saturated rings. The van der Waals surface area contributed by atoms with Gasteiger partial charge < -0.3 is 0 Å². The van der Waals surface area contributed by atoms with Gasteiger partial charge in [-0.05, 0) is 11.1 Å². The van der Waals surface area contributed by atoms with Crippen molar-refractivity contribution >= 4 is 9.52 Å². The molecule has 0 aliphatic carbocycles. The van der Waals surface area contributed by atoms with Gasteiger partial charge in [0, 0.05) is 9.52 Å². The molecule has 1 heteroatoms. The number of hydrogen-bond acceptors (Lipinski definition) is 0. The van der Waals surface area contributed by atoms with Gasteiger partial charge in [-0.25, -0.2) is 0 Å². The summed E-state index contributed by atoms with van der Waals surface area (Å²) in [7, 11) is 1.37. The van der Waals surface area contributed by atoms with E-state index in [4.69, 9.17) is 0 Å². The van der Waals surface area contributed by atoms with Crippen LogP contribution < -0.4 is 0 Å². The average molecular weight is 110 g/mol. The Labute approximate surface area is 47.1 Å². The molecule has 7 heavy (non-hydrogen) atoms. The van der Waals surface area contributed by atoms with Crippen molar-refractivity contribution in [2.75, 3.05) is 0 Å². The normalized spacial score (nSPS) is 48.0. The summed E-state index contributed by atoms with van der Waals surface area (Å²) in [5.41, 5.74) is 2.40. The van der Waals surface area contributed by atoms with E-state index in [2.05, 4.69) is 0 Å². The lowest BCUT2D eigenvalue weighted by Crippen LogP contribution is -1.83. The Bertz CT molecular complexity index is 62.2. The molecule has 2 rings (SSSR count). The molecule has 38 valence electrons. The Morgan fingerprint density at radius 3 is 1.43 bits per heavy atom. The number of hydrogen-bond donors (Lipinski definition) is 0. The maximum absolute atomic E-state index is 1.57. The third-order valence-corrected chi connectivity index (χ3v) is 4.30. The molecule has 0 saturated carbocycles. The second kappa shape index (κ2) is 1.34. The van der Waals surface area contributed by atoms with Crippen molar-refractivity contribution < 1.29 is 0 Å². The molecule has 0 unspecified atom stereocenters. The quantitative estimate of drug-likeness (QED) is 0.417. The fourth-order valence-corrected chi connectivity index (χ4v) is 3.76. The molecular formula is C6H10Si. The topological polar surface area (TPSA) is 0 Å². The lowest BCUT2D eigenvalue weighted by Gasteiger charge is -2.05. The van der Waals surface area contributed by atoms with Crippen molar-refractivity contribution in [3.63, 3.8) is 0 Å². The van der Waals surface area contributed by atoms with Crippen LogP contribution in [0.2, 0.25) is 11.1 Å². The molecule has 0 amide bonds. The van der Waals surface area contributed by atoms with Crippen LogP contribution in [0.3, 0.4) is 0 Å². The molecule has 0 N–H and O–H groups in total. The first-order valence-corrected chi connectivity index (χ1v) is 4.37. The van der Waals surface area contributed by atoms with Crippen LogP contribution in [0.25, 0.3) is 0 Å². The minimum atomic E-state index is 1.20. The van der Waals surface area contributed by atoms with Gasteiger partial charge in [-0.3, -0.25) is 0 Å². The van der Waals surface area contributed by atoms with Crippen LogP contribution in [-0.4, -0.2) is 9.52 Å². The molecule has 2 aliphatic rings. The van der Waals surface area contributed by atoms with Crippen molar-refractivity contribution in [3.8, 4) is 0 Å². The summed E-state index contributed by atoms with van der Waals surface area (Å²) in [6.07, 6.45) is 6.29. The molecular weight excluding hydrogens is 100 g/mol. The van der Waals surface area contributed by atoms with Crippen LogP contribution in [0, 0.1) is 0 Å². The first-order valence-electron chi connectivity index (χ1n) is 3.21. The molecule has 0 spiro atoms. The van der Waals surface area contributed by atoms with E-state index in [1.165, 1.54) is 20.6 Å². The zero-order valence-corrected chi connectivity index (χ0v) is 5.48. The lowest BCUT2D eigenvalue weighted by molar-refractivity contribution is 0.565. The molecule has 0 aromatic heterocycles. The molecule has 2 aliphatic heterocycles. The summed E-state index contributed by atoms with van der Waals surface area (Å²) in [5.74, 6) is 0. The summed E-state index contributed by atoms with van der Waals surface area (Å²) in [6.45, 7) is 0. The Hall–Kier alpha value is 0.217. The maximum atomic E-state index is 1.57. The van der Waals surface area contributed by atoms with Gasteiger partial charge in [-0.1, -0.05) is 25.7 Å². The van der Waals surface area contributed by atoms with E-state index in [1.807, 2.05) is 0 Å². The second-order valence-electron chi connectivity index (χ2n) is 2.72. The van der Waals surface area contributed by atoms with E-state index >= 15 is 0 Å². The van der Waals surface area contributed by atoms with E-state index in [-0.39, 0.29) is 0 Å². The van der Waals surface area contributed by atoms with Crippen LogP contribution in [-0.2, 0) is 0 Å². The summed E-state index contributed by atoms with van der Waals surface area (Å²) < 4.78 is 0. The first kappa shape index (κ1) is 4.13. The third-order valence-electron chi connectivity index (χ3n) is 2.20. The van der Waals surface area contributed by atoms with Crippen LogP contribution in [0.4, 0.5) is 0 Å². The highest BCUT2D eigenvalue weighted by Gasteiger charge is 2.31. The van der Waals surface area contributed by atoms with Gasteiger partial charge in [0.1, 0.15) is 0 Å². The van der Waals surface area contributed by atoms with Crippen molar-refractivity contribution in [2.24, 2.45) is 0 Å². The van der Waals surface area contributed by atoms with Crippen LogP contribution in [0.5, 0.6) is 0 Å². The summed E-state index contributed by atoms with van der Waals surface area (Å²) >= 11 is 0. The van der Waals surface area contributed by atoms with Gasteiger partial charge >= 0.3 is 0 Å². The monoisotopic (exact) mass is 110 g/mol. The second-order valence-corrected chi connectivity index (χ2v) is 4.68. The lowest BCUT2D eigenvalue weighted by atomic mass is 10.0. The Kier molecular flexibility index (Phi) is 0.794.